The van der Waals surface area contributed by atoms with Crippen molar-refractivity contribution in [3.05, 3.63) is 41.7 Å². The Morgan fingerprint density at radius 3 is 2.33 bits per heavy atom. The summed E-state index contributed by atoms with van der Waals surface area (Å²) in [4.78, 5) is 31.6. The van der Waals surface area contributed by atoms with E-state index in [1.807, 2.05) is 55.7 Å². The highest BCUT2D eigenvalue weighted by molar-refractivity contribution is 5.98. The molecule has 2 aromatic rings. The van der Waals surface area contributed by atoms with Crippen LogP contribution in [-0.4, -0.2) is 67.6 Å². The summed E-state index contributed by atoms with van der Waals surface area (Å²) >= 11 is 0. The average molecular weight is 412 g/mol. The molecule has 2 amide bonds. The lowest BCUT2D eigenvalue weighted by molar-refractivity contribution is -0.00799. The van der Waals surface area contributed by atoms with E-state index in [1.165, 1.54) is 4.80 Å². The number of hydrogen-bond acceptors (Lipinski definition) is 5. The number of nitrogens with zero attached hydrogens (tertiary/aromatic N) is 5. The van der Waals surface area contributed by atoms with Gasteiger partial charge < -0.3 is 14.5 Å². The van der Waals surface area contributed by atoms with Crippen molar-refractivity contribution in [3.63, 3.8) is 0 Å². The van der Waals surface area contributed by atoms with Crippen LogP contribution in [-0.2, 0) is 4.74 Å². The van der Waals surface area contributed by atoms with Crippen molar-refractivity contribution < 1.29 is 14.3 Å². The van der Waals surface area contributed by atoms with Crippen LogP contribution >= 0.6 is 0 Å². The molecule has 5 rings (SSSR count). The summed E-state index contributed by atoms with van der Waals surface area (Å²) in [7, 11) is 0. The summed E-state index contributed by atoms with van der Waals surface area (Å²) in [5.41, 5.74) is 1.72. The standard InChI is InChI=1S/C22H29N5O3/c1-15-8-9-19(27-23-10-11-24-27)18(12-15)20(28)25-13-17-7-5-6-16(25)14-26(17)21(29)30-22(2,3)4/h8-12,16-17H,5-7,13-14H2,1-4H3. The molecule has 8 nitrogen and oxygen atoms in total. The van der Waals surface area contributed by atoms with Crippen molar-refractivity contribution in [3.8, 4) is 5.69 Å². The molecular weight excluding hydrogens is 382 g/mol. The minimum atomic E-state index is -0.536. The van der Waals surface area contributed by atoms with Crippen LogP contribution in [0.4, 0.5) is 4.79 Å². The van der Waals surface area contributed by atoms with Crippen LogP contribution in [0.5, 0.6) is 0 Å². The van der Waals surface area contributed by atoms with Crippen molar-refractivity contribution >= 4 is 12.0 Å². The molecule has 160 valence electrons. The molecule has 2 unspecified atom stereocenters. The first-order valence-electron chi connectivity index (χ1n) is 10.5. The number of piperazine rings is 1. The SMILES string of the molecule is Cc1ccc(-n2nccn2)c(C(=O)N2CC3CCCC2CN3C(=O)OC(C)(C)C)c1. The largest absolute Gasteiger partial charge is 0.444 e. The van der Waals surface area contributed by atoms with E-state index in [0.29, 0.717) is 24.3 Å². The molecule has 2 atom stereocenters. The highest BCUT2D eigenvalue weighted by Crippen LogP contribution is 2.31. The molecule has 1 aromatic carbocycles. The maximum Gasteiger partial charge on any atom is 0.410 e. The molecule has 1 aromatic heterocycles. The Hall–Kier alpha value is -2.90. The molecule has 0 N–H and O–H groups in total. The summed E-state index contributed by atoms with van der Waals surface area (Å²) in [5, 5.41) is 8.41. The zero-order valence-electron chi connectivity index (χ0n) is 18.0. The first-order chi connectivity index (χ1) is 14.2. The minimum absolute atomic E-state index is 0.0253. The topological polar surface area (TPSA) is 80.6 Å². The van der Waals surface area contributed by atoms with Crippen molar-refractivity contribution in [1.29, 1.82) is 0 Å². The molecule has 2 bridgehead atoms. The normalized spacial score (nSPS) is 21.5. The Labute approximate surface area is 176 Å². The van der Waals surface area contributed by atoms with Crippen molar-refractivity contribution in [2.45, 2.75) is 64.6 Å². The molecule has 0 spiro atoms. The molecule has 30 heavy (non-hydrogen) atoms. The Morgan fingerprint density at radius 1 is 1.03 bits per heavy atom. The second kappa shape index (κ2) is 7.74. The zero-order valence-corrected chi connectivity index (χ0v) is 18.0. The lowest BCUT2D eigenvalue weighted by atomic mass is 10.0. The van der Waals surface area contributed by atoms with Gasteiger partial charge in [-0.05, 0) is 59.1 Å². The lowest BCUT2D eigenvalue weighted by Crippen LogP contribution is -2.60. The zero-order chi connectivity index (χ0) is 21.5. The van der Waals surface area contributed by atoms with Gasteiger partial charge in [0.05, 0.1) is 29.7 Å². The van der Waals surface area contributed by atoms with E-state index in [-0.39, 0.29) is 24.1 Å². The molecule has 8 heteroatoms. The maximum absolute atomic E-state index is 13.6. The predicted octanol–water partition coefficient (Wildman–Crippen LogP) is 3.19. The van der Waals surface area contributed by atoms with Crippen LogP contribution in [0.3, 0.4) is 0 Å². The maximum atomic E-state index is 13.6. The van der Waals surface area contributed by atoms with E-state index < -0.39 is 5.60 Å². The summed E-state index contributed by atoms with van der Waals surface area (Å²) in [6, 6.07) is 5.67. The van der Waals surface area contributed by atoms with Gasteiger partial charge in [-0.2, -0.15) is 15.0 Å². The third-order valence-electron chi connectivity index (χ3n) is 5.68. The van der Waals surface area contributed by atoms with E-state index in [2.05, 4.69) is 10.2 Å². The number of hydrogen-bond donors (Lipinski definition) is 0. The number of aryl methyl sites for hydroxylation is 1. The summed E-state index contributed by atoms with van der Waals surface area (Å²) < 4.78 is 5.61. The number of carbonyl (C=O) groups excluding carboxylic acids is 2. The number of carbonyl (C=O) groups is 2. The van der Waals surface area contributed by atoms with Crippen LogP contribution in [0, 0.1) is 6.92 Å². The van der Waals surface area contributed by atoms with Gasteiger partial charge in [-0.1, -0.05) is 11.6 Å². The summed E-state index contributed by atoms with van der Waals surface area (Å²) in [6.07, 6.45) is 5.65. The molecule has 3 aliphatic heterocycles. The second-order valence-electron chi connectivity index (χ2n) is 9.17. The van der Waals surface area contributed by atoms with Gasteiger partial charge in [0.1, 0.15) is 5.60 Å². The first kappa shape index (κ1) is 20.4. The number of rotatable bonds is 2. The van der Waals surface area contributed by atoms with Gasteiger partial charge in [-0.15, -0.1) is 0 Å². The quantitative estimate of drug-likeness (QED) is 0.758. The lowest BCUT2D eigenvalue weighted by Gasteiger charge is -2.44. The highest BCUT2D eigenvalue weighted by Gasteiger charge is 2.42. The molecule has 0 saturated carbocycles. The Kier molecular flexibility index (Phi) is 5.26. The third kappa shape index (κ3) is 4.04. The number of benzene rings is 1. The Morgan fingerprint density at radius 2 is 1.67 bits per heavy atom. The molecular formula is C22H29N5O3. The van der Waals surface area contributed by atoms with Gasteiger partial charge in [0.15, 0.2) is 0 Å². The van der Waals surface area contributed by atoms with Gasteiger partial charge in [0, 0.05) is 19.1 Å². The molecule has 3 fully saturated rings. The number of ether oxygens (including phenoxy) is 1. The smallest absolute Gasteiger partial charge is 0.410 e. The fourth-order valence-corrected chi connectivity index (χ4v) is 4.32. The van der Waals surface area contributed by atoms with Gasteiger partial charge >= 0.3 is 6.09 Å². The van der Waals surface area contributed by atoms with Gasteiger partial charge in [0.2, 0.25) is 0 Å². The molecule has 3 aliphatic rings. The monoisotopic (exact) mass is 411 g/mol. The predicted molar refractivity (Wildman–Crippen MR) is 111 cm³/mol. The Bertz CT molecular complexity index is 935. The second-order valence-corrected chi connectivity index (χ2v) is 9.17. The van der Waals surface area contributed by atoms with Crippen molar-refractivity contribution in [2.75, 3.05) is 13.1 Å². The van der Waals surface area contributed by atoms with Crippen LogP contribution < -0.4 is 0 Å². The highest BCUT2D eigenvalue weighted by atomic mass is 16.6. The summed E-state index contributed by atoms with van der Waals surface area (Å²) in [5.74, 6) is -0.0354. The molecule has 0 radical (unpaired) electrons. The number of fused-ring (bicyclic) bond motifs is 4. The van der Waals surface area contributed by atoms with Gasteiger partial charge in [-0.25, -0.2) is 4.79 Å². The number of aromatic nitrogens is 3. The third-order valence-corrected chi connectivity index (χ3v) is 5.68. The molecule has 4 heterocycles. The van der Waals surface area contributed by atoms with Gasteiger partial charge in [-0.3, -0.25) is 4.79 Å². The van der Waals surface area contributed by atoms with E-state index in [0.717, 1.165) is 24.8 Å². The van der Waals surface area contributed by atoms with E-state index >= 15 is 0 Å². The molecule has 3 saturated heterocycles. The van der Waals surface area contributed by atoms with E-state index in [4.69, 9.17) is 4.74 Å². The fourth-order valence-electron chi connectivity index (χ4n) is 4.32. The summed E-state index contributed by atoms with van der Waals surface area (Å²) in [6.45, 7) is 8.61. The van der Waals surface area contributed by atoms with E-state index in [1.54, 1.807) is 12.4 Å². The molecule has 0 aliphatic carbocycles. The first-order valence-corrected chi connectivity index (χ1v) is 10.5. The fraction of sp³-hybridized carbons (Fsp3) is 0.545. The average Bonchev–Trinajstić information content (AvgIpc) is 3.03. The van der Waals surface area contributed by atoms with Crippen LogP contribution in [0.2, 0.25) is 0 Å². The van der Waals surface area contributed by atoms with Crippen LogP contribution in [0.25, 0.3) is 5.69 Å². The van der Waals surface area contributed by atoms with E-state index in [9.17, 15) is 9.59 Å². The van der Waals surface area contributed by atoms with Crippen molar-refractivity contribution in [2.24, 2.45) is 0 Å². The number of amides is 2. The van der Waals surface area contributed by atoms with Crippen LogP contribution in [0.15, 0.2) is 30.6 Å². The minimum Gasteiger partial charge on any atom is -0.444 e. The van der Waals surface area contributed by atoms with Crippen molar-refractivity contribution in [1.82, 2.24) is 24.8 Å². The van der Waals surface area contributed by atoms with Crippen LogP contribution in [0.1, 0.15) is 56.0 Å². The Balaban J connectivity index is 1.60. The van der Waals surface area contributed by atoms with Gasteiger partial charge in [0.25, 0.3) is 5.91 Å².